The van der Waals surface area contributed by atoms with E-state index >= 15 is 0 Å². The van der Waals surface area contributed by atoms with Crippen LogP contribution in [0.4, 0.5) is 0 Å². The smallest absolute Gasteiger partial charge is 0.261 e. The zero-order chi connectivity index (χ0) is 15.1. The van der Waals surface area contributed by atoms with Crippen LogP contribution in [0.25, 0.3) is 0 Å². The van der Waals surface area contributed by atoms with Crippen LogP contribution in [0.1, 0.15) is 33.5 Å². The predicted octanol–water partition coefficient (Wildman–Crippen LogP) is 1.47. The third kappa shape index (κ3) is 5.33. The predicted molar refractivity (Wildman–Crippen MR) is 83.1 cm³/mol. The lowest BCUT2D eigenvalue weighted by molar-refractivity contribution is 0.0941. The Balaban J connectivity index is 2.64. The number of nitrogens with zero attached hydrogens (tertiary/aromatic N) is 1. The van der Waals surface area contributed by atoms with Crippen LogP contribution in [-0.2, 0) is 0 Å². The highest BCUT2D eigenvalue weighted by Gasteiger charge is 2.14. The fourth-order valence-electron chi connectivity index (χ4n) is 1.66. The van der Waals surface area contributed by atoms with Gasteiger partial charge in [0.2, 0.25) is 0 Å². The summed E-state index contributed by atoms with van der Waals surface area (Å²) in [5.41, 5.74) is 0.974. The summed E-state index contributed by atoms with van der Waals surface area (Å²) in [5, 5.41) is 11.7. The van der Waals surface area contributed by atoms with Gasteiger partial charge >= 0.3 is 0 Å². The summed E-state index contributed by atoms with van der Waals surface area (Å²) in [5.74, 6) is 5.42. The molecule has 4 nitrogen and oxygen atoms in total. The molecule has 2 N–H and O–H groups in total. The average Bonchev–Trinajstić information content (AvgIpc) is 2.75. The molecule has 1 rings (SSSR count). The van der Waals surface area contributed by atoms with Gasteiger partial charge in [-0.25, -0.2) is 0 Å². The molecule has 0 aromatic carbocycles. The van der Waals surface area contributed by atoms with Crippen molar-refractivity contribution >= 4 is 17.2 Å². The van der Waals surface area contributed by atoms with E-state index in [-0.39, 0.29) is 18.6 Å². The lowest BCUT2D eigenvalue weighted by atomic mass is 10.2. The van der Waals surface area contributed by atoms with Gasteiger partial charge in [-0.15, -0.1) is 11.3 Å². The summed E-state index contributed by atoms with van der Waals surface area (Å²) in [6, 6.07) is 1.99. The van der Waals surface area contributed by atoms with E-state index in [0.717, 1.165) is 23.4 Å². The average molecular weight is 294 g/mol. The molecule has 0 saturated heterocycles. The number of carbonyl (C=O) groups excluding carboxylic acids is 1. The topological polar surface area (TPSA) is 52.6 Å². The normalized spacial score (nSPS) is 11.9. The molecule has 1 unspecified atom stereocenters. The van der Waals surface area contributed by atoms with Crippen molar-refractivity contribution in [3.63, 3.8) is 0 Å². The van der Waals surface area contributed by atoms with Crippen LogP contribution in [-0.4, -0.2) is 49.2 Å². The van der Waals surface area contributed by atoms with Crippen LogP contribution in [0.2, 0.25) is 0 Å². The van der Waals surface area contributed by atoms with Crippen LogP contribution in [0.5, 0.6) is 0 Å². The van der Waals surface area contributed by atoms with E-state index in [1.807, 2.05) is 34.0 Å². The van der Waals surface area contributed by atoms with E-state index < -0.39 is 0 Å². The number of hydrogen-bond acceptors (Lipinski definition) is 4. The molecule has 0 bridgehead atoms. The minimum Gasteiger partial charge on any atom is -0.384 e. The van der Waals surface area contributed by atoms with Gasteiger partial charge in [-0.2, -0.15) is 0 Å². The monoisotopic (exact) mass is 294 g/mol. The lowest BCUT2D eigenvalue weighted by Gasteiger charge is -2.16. The maximum Gasteiger partial charge on any atom is 0.261 e. The van der Waals surface area contributed by atoms with Crippen molar-refractivity contribution in [1.82, 2.24) is 10.2 Å². The Labute approximate surface area is 124 Å². The molecular weight excluding hydrogens is 272 g/mol. The van der Waals surface area contributed by atoms with E-state index in [0.29, 0.717) is 4.88 Å². The molecule has 1 aromatic heterocycles. The van der Waals surface area contributed by atoms with E-state index in [9.17, 15) is 4.79 Å². The van der Waals surface area contributed by atoms with Gasteiger partial charge in [-0.1, -0.05) is 11.8 Å². The summed E-state index contributed by atoms with van der Waals surface area (Å²) in [6.45, 7) is 4.71. The van der Waals surface area contributed by atoms with Gasteiger partial charge in [-0.05, 0) is 52.5 Å². The molecule has 0 saturated carbocycles. The van der Waals surface area contributed by atoms with Crippen LogP contribution in [0, 0.1) is 18.8 Å². The summed E-state index contributed by atoms with van der Waals surface area (Å²) >= 11 is 1.37. The number of aliphatic hydroxyl groups is 1. The highest BCUT2D eigenvalue weighted by atomic mass is 32.1. The Morgan fingerprint density at radius 1 is 1.55 bits per heavy atom. The molecule has 0 aliphatic rings. The fraction of sp³-hybridized carbons (Fsp3) is 0.533. The minimum absolute atomic E-state index is 0.0543. The second-order valence-electron chi connectivity index (χ2n) is 5.05. The summed E-state index contributed by atoms with van der Waals surface area (Å²) < 4.78 is 0. The van der Waals surface area contributed by atoms with Crippen molar-refractivity contribution in [3.8, 4) is 11.8 Å². The van der Waals surface area contributed by atoms with Crippen molar-refractivity contribution in [2.75, 3.05) is 27.2 Å². The number of aryl methyl sites for hydroxylation is 1. The SMILES string of the molecule is Cc1cc(C(=O)NC(C)CCN(C)C)sc1C#CCO. The molecule has 1 aromatic rings. The quantitative estimate of drug-likeness (QED) is 0.809. The van der Waals surface area contributed by atoms with Crippen molar-refractivity contribution in [1.29, 1.82) is 0 Å². The molecular formula is C15H22N2O2S. The number of nitrogens with one attached hydrogen (secondary N) is 1. The van der Waals surface area contributed by atoms with Gasteiger partial charge in [0.15, 0.2) is 0 Å². The Morgan fingerprint density at radius 3 is 2.85 bits per heavy atom. The number of rotatable bonds is 5. The number of amides is 1. The molecule has 0 fully saturated rings. The Kier molecular flexibility index (Phi) is 6.73. The first-order valence-corrected chi connectivity index (χ1v) is 7.41. The third-order valence-electron chi connectivity index (χ3n) is 2.81. The van der Waals surface area contributed by atoms with E-state index in [4.69, 9.17) is 5.11 Å². The Bertz CT molecular complexity index is 512. The number of hydrogen-bond donors (Lipinski definition) is 2. The summed E-state index contributed by atoms with van der Waals surface area (Å²) in [6.07, 6.45) is 0.917. The second kappa shape index (κ2) is 8.05. The van der Waals surface area contributed by atoms with Crippen LogP contribution < -0.4 is 5.32 Å². The zero-order valence-corrected chi connectivity index (χ0v) is 13.3. The maximum absolute atomic E-state index is 12.1. The van der Waals surface area contributed by atoms with Crippen LogP contribution >= 0.6 is 11.3 Å². The van der Waals surface area contributed by atoms with Crippen LogP contribution in [0.15, 0.2) is 6.07 Å². The number of carbonyl (C=O) groups is 1. The highest BCUT2D eigenvalue weighted by molar-refractivity contribution is 7.14. The van der Waals surface area contributed by atoms with Gasteiger partial charge in [-0.3, -0.25) is 4.79 Å². The van der Waals surface area contributed by atoms with Crippen molar-refractivity contribution in [2.24, 2.45) is 0 Å². The molecule has 1 amide bonds. The number of aliphatic hydroxyl groups excluding tert-OH is 1. The zero-order valence-electron chi connectivity index (χ0n) is 12.5. The lowest BCUT2D eigenvalue weighted by Crippen LogP contribution is -2.34. The van der Waals surface area contributed by atoms with Gasteiger partial charge in [0.05, 0.1) is 9.75 Å². The molecule has 0 aliphatic heterocycles. The summed E-state index contributed by atoms with van der Waals surface area (Å²) in [7, 11) is 4.03. The molecule has 110 valence electrons. The Hall–Kier alpha value is -1.35. The van der Waals surface area contributed by atoms with Crippen molar-refractivity contribution < 1.29 is 9.90 Å². The van der Waals surface area contributed by atoms with E-state index in [1.54, 1.807) is 0 Å². The molecule has 0 aliphatic carbocycles. The minimum atomic E-state index is -0.166. The standard InChI is InChI=1S/C15H22N2O2S/c1-11-10-14(20-13(11)6-5-9-18)15(19)16-12(2)7-8-17(3)4/h10,12,18H,7-9H2,1-4H3,(H,16,19). The van der Waals surface area contributed by atoms with E-state index in [2.05, 4.69) is 22.1 Å². The third-order valence-corrected chi connectivity index (χ3v) is 3.96. The summed E-state index contributed by atoms with van der Waals surface area (Å²) in [4.78, 5) is 15.7. The largest absolute Gasteiger partial charge is 0.384 e. The highest BCUT2D eigenvalue weighted by Crippen LogP contribution is 2.21. The fourth-order valence-corrected chi connectivity index (χ4v) is 2.61. The van der Waals surface area contributed by atoms with Crippen LogP contribution in [0.3, 0.4) is 0 Å². The first-order chi connectivity index (χ1) is 9.43. The molecule has 1 heterocycles. The molecule has 5 heteroatoms. The molecule has 20 heavy (non-hydrogen) atoms. The molecule has 0 radical (unpaired) electrons. The van der Waals surface area contributed by atoms with Gasteiger partial charge in [0.1, 0.15) is 6.61 Å². The van der Waals surface area contributed by atoms with Gasteiger partial charge in [0.25, 0.3) is 5.91 Å². The first kappa shape index (κ1) is 16.7. The molecule has 0 spiro atoms. The van der Waals surface area contributed by atoms with E-state index in [1.165, 1.54) is 11.3 Å². The van der Waals surface area contributed by atoms with Crippen molar-refractivity contribution in [3.05, 3.63) is 21.4 Å². The molecule has 1 atom stereocenters. The second-order valence-corrected chi connectivity index (χ2v) is 6.10. The van der Waals surface area contributed by atoms with Gasteiger partial charge in [0, 0.05) is 6.04 Å². The maximum atomic E-state index is 12.1. The first-order valence-electron chi connectivity index (χ1n) is 6.59. The van der Waals surface area contributed by atoms with Crippen molar-refractivity contribution in [2.45, 2.75) is 26.3 Å². The Morgan fingerprint density at radius 2 is 2.25 bits per heavy atom. The number of thiophene rings is 1. The van der Waals surface area contributed by atoms with Gasteiger partial charge < -0.3 is 15.3 Å².